The molecule has 1 aliphatic rings. The summed E-state index contributed by atoms with van der Waals surface area (Å²) in [4.78, 5) is 17.8. The minimum absolute atomic E-state index is 0.253. The monoisotopic (exact) mass is 321 g/mol. The second kappa shape index (κ2) is 5.77. The van der Waals surface area contributed by atoms with Gasteiger partial charge in [-0.1, -0.05) is 41.1 Å². The highest BCUT2D eigenvalue weighted by atomic mass is 16.6. The van der Waals surface area contributed by atoms with E-state index in [1.54, 1.807) is 6.07 Å². The molecule has 3 aromatic rings. The van der Waals surface area contributed by atoms with E-state index in [1.807, 2.05) is 43.3 Å². The average molecular weight is 321 g/mol. The van der Waals surface area contributed by atoms with Crippen molar-refractivity contribution in [3.63, 3.8) is 0 Å². The van der Waals surface area contributed by atoms with Crippen molar-refractivity contribution in [1.29, 1.82) is 0 Å². The maximum Gasteiger partial charge on any atom is 0.268 e. The molecule has 2 N–H and O–H groups in total. The lowest BCUT2D eigenvalue weighted by Gasteiger charge is -2.09. The summed E-state index contributed by atoms with van der Waals surface area (Å²) in [6.07, 6.45) is -0.215. The van der Waals surface area contributed by atoms with Crippen molar-refractivity contribution in [2.75, 3.05) is 5.32 Å². The Hall–Kier alpha value is -3.22. The van der Waals surface area contributed by atoms with Crippen molar-refractivity contribution in [2.24, 2.45) is 5.16 Å². The van der Waals surface area contributed by atoms with Gasteiger partial charge in [0.05, 0.1) is 11.4 Å². The predicted molar refractivity (Wildman–Crippen MR) is 89.7 cm³/mol. The number of carbonyl (C=O) groups excluding carboxylic acids is 1. The molecule has 0 saturated carbocycles. The van der Waals surface area contributed by atoms with Gasteiger partial charge < -0.3 is 10.2 Å². The number of aryl methyl sites for hydroxylation is 1. The molecule has 0 fully saturated rings. The van der Waals surface area contributed by atoms with Crippen LogP contribution in [0.1, 0.15) is 17.5 Å². The normalized spacial score (nSPS) is 16.7. The number of fused-ring (bicyclic) bond motifs is 1. The number of para-hydroxylation sites is 1. The molecule has 0 aliphatic carbocycles. The van der Waals surface area contributed by atoms with E-state index in [9.17, 15) is 4.79 Å². The zero-order valence-electron chi connectivity index (χ0n) is 13.0. The van der Waals surface area contributed by atoms with E-state index in [1.165, 1.54) is 5.56 Å². The summed E-state index contributed by atoms with van der Waals surface area (Å²) in [5.74, 6) is -0.253. The molecule has 4 rings (SSSR count). The molecule has 2 aromatic carbocycles. The number of aromatic amines is 1. The fourth-order valence-electron chi connectivity index (χ4n) is 2.62. The quantitative estimate of drug-likeness (QED) is 0.775. The van der Waals surface area contributed by atoms with Gasteiger partial charge in [-0.2, -0.15) is 15.4 Å². The van der Waals surface area contributed by atoms with Crippen LogP contribution in [0.2, 0.25) is 0 Å². The second-order valence-electron chi connectivity index (χ2n) is 5.69. The van der Waals surface area contributed by atoms with Gasteiger partial charge in [-0.15, -0.1) is 0 Å². The van der Waals surface area contributed by atoms with E-state index >= 15 is 0 Å². The Bertz CT molecular complexity index is 930. The molecule has 1 atom stereocenters. The van der Waals surface area contributed by atoms with Crippen LogP contribution in [0.5, 0.6) is 0 Å². The number of nitrogens with one attached hydrogen (secondary N) is 2. The van der Waals surface area contributed by atoms with Gasteiger partial charge in [0.1, 0.15) is 11.0 Å². The number of hydrogen-bond acceptors (Lipinski definition) is 5. The Morgan fingerprint density at radius 2 is 2.04 bits per heavy atom. The van der Waals surface area contributed by atoms with E-state index in [4.69, 9.17) is 4.84 Å². The van der Waals surface area contributed by atoms with Crippen LogP contribution in [0.15, 0.2) is 47.6 Å². The van der Waals surface area contributed by atoms with Crippen LogP contribution in [0.25, 0.3) is 11.0 Å². The van der Waals surface area contributed by atoms with Gasteiger partial charge in [-0.3, -0.25) is 4.79 Å². The first-order valence-corrected chi connectivity index (χ1v) is 7.61. The van der Waals surface area contributed by atoms with Crippen LogP contribution in [-0.4, -0.2) is 33.1 Å². The molecule has 0 saturated heterocycles. The molecule has 1 unspecified atom stereocenters. The molecule has 0 radical (unpaired) electrons. The summed E-state index contributed by atoms with van der Waals surface area (Å²) in [6.45, 7) is 2.03. The Labute approximate surface area is 137 Å². The third-order valence-corrected chi connectivity index (χ3v) is 3.95. The largest absolute Gasteiger partial charge is 0.382 e. The van der Waals surface area contributed by atoms with Crippen molar-refractivity contribution >= 4 is 28.3 Å². The molecule has 7 heteroatoms. The Morgan fingerprint density at radius 1 is 1.21 bits per heavy atom. The first-order valence-electron chi connectivity index (χ1n) is 7.61. The molecule has 1 aliphatic heterocycles. The topological polar surface area (TPSA) is 92.3 Å². The molecule has 0 bridgehead atoms. The number of nitrogens with zero attached hydrogens (tertiary/aromatic N) is 3. The molecule has 0 spiro atoms. The number of hydrogen-bond donors (Lipinski definition) is 2. The van der Waals surface area contributed by atoms with Gasteiger partial charge in [0.25, 0.3) is 5.91 Å². The Balaban J connectivity index is 1.47. The van der Waals surface area contributed by atoms with Crippen molar-refractivity contribution in [3.8, 4) is 0 Å². The van der Waals surface area contributed by atoms with Crippen molar-refractivity contribution in [1.82, 2.24) is 15.4 Å². The average Bonchev–Trinajstić information content (AvgIpc) is 3.25. The molecule has 7 nitrogen and oxygen atoms in total. The third kappa shape index (κ3) is 2.60. The summed E-state index contributed by atoms with van der Waals surface area (Å²) >= 11 is 0. The number of rotatable bonds is 3. The number of H-pyrrole nitrogens is 1. The number of benzene rings is 2. The van der Waals surface area contributed by atoms with Crippen LogP contribution in [0.4, 0.5) is 5.69 Å². The lowest BCUT2D eigenvalue weighted by Crippen LogP contribution is -2.28. The Kier molecular flexibility index (Phi) is 3.45. The second-order valence-corrected chi connectivity index (χ2v) is 5.69. The Morgan fingerprint density at radius 3 is 2.88 bits per heavy atom. The number of amides is 1. The number of carbonyl (C=O) groups is 1. The summed E-state index contributed by atoms with van der Waals surface area (Å²) in [5, 5.41) is 17.5. The molecular formula is C17H15N5O2. The van der Waals surface area contributed by atoms with E-state index in [-0.39, 0.29) is 5.91 Å². The predicted octanol–water partition coefficient (Wildman–Crippen LogP) is 2.40. The highest BCUT2D eigenvalue weighted by Gasteiger charge is 2.29. The summed E-state index contributed by atoms with van der Waals surface area (Å²) in [6, 6.07) is 13.4. The first kappa shape index (κ1) is 14.4. The van der Waals surface area contributed by atoms with Gasteiger partial charge in [-0.25, -0.2) is 0 Å². The molecule has 1 amide bonds. The van der Waals surface area contributed by atoms with E-state index < -0.39 is 6.10 Å². The van der Waals surface area contributed by atoms with Crippen molar-refractivity contribution in [2.45, 2.75) is 19.4 Å². The van der Waals surface area contributed by atoms with Gasteiger partial charge in [0.2, 0.25) is 6.10 Å². The standard InChI is InChI=1S/C17H15N5O2/c1-10-5-7-11(8-6-10)14-9-15(24-21-14)17(23)18-12-3-2-4-13-16(12)20-22-19-13/h2-8,15H,9H2,1H3,(H,18,23)(H,19,20,22). The van der Waals surface area contributed by atoms with Gasteiger partial charge in [0.15, 0.2) is 0 Å². The van der Waals surface area contributed by atoms with Crippen molar-refractivity contribution in [3.05, 3.63) is 53.6 Å². The van der Waals surface area contributed by atoms with E-state index in [0.717, 1.165) is 11.3 Å². The smallest absolute Gasteiger partial charge is 0.268 e. The highest BCUT2D eigenvalue weighted by molar-refractivity contribution is 6.07. The lowest BCUT2D eigenvalue weighted by atomic mass is 10.0. The summed E-state index contributed by atoms with van der Waals surface area (Å²) in [7, 11) is 0. The number of anilines is 1. The van der Waals surface area contributed by atoms with Gasteiger partial charge in [0, 0.05) is 6.42 Å². The highest BCUT2D eigenvalue weighted by Crippen LogP contribution is 2.22. The van der Waals surface area contributed by atoms with Crippen molar-refractivity contribution < 1.29 is 9.63 Å². The van der Waals surface area contributed by atoms with Crippen LogP contribution >= 0.6 is 0 Å². The van der Waals surface area contributed by atoms with Crippen LogP contribution in [0, 0.1) is 6.92 Å². The SMILES string of the molecule is Cc1ccc(C2=NOC(C(=O)Nc3cccc4n[nH]nc34)C2)cc1. The molecule has 1 aromatic heterocycles. The minimum atomic E-state index is -0.650. The van der Waals surface area contributed by atoms with E-state index in [0.29, 0.717) is 23.1 Å². The summed E-state index contributed by atoms with van der Waals surface area (Å²) < 4.78 is 0. The first-order chi connectivity index (χ1) is 11.7. The molecular weight excluding hydrogens is 306 g/mol. The molecule has 2 heterocycles. The fourth-order valence-corrected chi connectivity index (χ4v) is 2.62. The van der Waals surface area contributed by atoms with Gasteiger partial charge in [-0.05, 0) is 24.6 Å². The lowest BCUT2D eigenvalue weighted by molar-refractivity contribution is -0.125. The fraction of sp³-hybridized carbons (Fsp3) is 0.176. The zero-order chi connectivity index (χ0) is 16.5. The number of oxime groups is 1. The third-order valence-electron chi connectivity index (χ3n) is 3.95. The van der Waals surface area contributed by atoms with E-state index in [2.05, 4.69) is 25.9 Å². The molecule has 120 valence electrons. The minimum Gasteiger partial charge on any atom is -0.382 e. The number of aromatic nitrogens is 3. The van der Waals surface area contributed by atoms with Crippen LogP contribution in [-0.2, 0) is 9.63 Å². The van der Waals surface area contributed by atoms with Crippen LogP contribution < -0.4 is 5.32 Å². The van der Waals surface area contributed by atoms with Gasteiger partial charge >= 0.3 is 0 Å². The summed E-state index contributed by atoms with van der Waals surface area (Å²) in [5.41, 5.74) is 4.82. The maximum atomic E-state index is 12.4. The zero-order valence-corrected chi connectivity index (χ0v) is 13.0. The van der Waals surface area contributed by atoms with Crippen LogP contribution in [0.3, 0.4) is 0 Å². The molecule has 24 heavy (non-hydrogen) atoms. The maximum absolute atomic E-state index is 12.4.